The monoisotopic (exact) mass is 265 g/mol. The normalized spacial score (nSPS) is 14.8. The Kier molecular flexibility index (Phi) is 5.51. The molecule has 106 valence electrons. The van der Waals surface area contributed by atoms with Gasteiger partial charge in [0.05, 0.1) is 6.10 Å². The average molecular weight is 265 g/mol. The highest BCUT2D eigenvalue weighted by Gasteiger charge is 2.27. The van der Waals surface area contributed by atoms with Crippen LogP contribution in [-0.2, 0) is 16.0 Å². The summed E-state index contributed by atoms with van der Waals surface area (Å²) < 4.78 is 5.15. The second-order valence-corrected chi connectivity index (χ2v) is 5.65. The molecule has 0 radical (unpaired) electrons. The van der Waals surface area contributed by atoms with Crippen molar-refractivity contribution >= 4 is 5.97 Å². The van der Waals surface area contributed by atoms with Crippen LogP contribution in [0.25, 0.3) is 0 Å². The standard InChI is InChI=1S/C15H23NO3/c1-15(2,3)19-14(18)13(16)12(17)10-9-11-7-5-4-6-8-11/h4-8,12-13,17H,9-10,16H2,1-3H3/t12-,13+/m1/s1. The maximum absolute atomic E-state index is 11.7. The van der Waals surface area contributed by atoms with Crippen molar-refractivity contribution in [1.29, 1.82) is 0 Å². The van der Waals surface area contributed by atoms with Crippen LogP contribution in [0.1, 0.15) is 32.8 Å². The molecule has 0 aliphatic rings. The molecule has 1 rings (SSSR count). The van der Waals surface area contributed by atoms with Crippen molar-refractivity contribution in [3.05, 3.63) is 35.9 Å². The van der Waals surface area contributed by atoms with E-state index < -0.39 is 23.7 Å². The Morgan fingerprint density at radius 2 is 1.89 bits per heavy atom. The molecule has 0 amide bonds. The highest BCUT2D eigenvalue weighted by molar-refractivity contribution is 5.76. The molecule has 4 heteroatoms. The molecule has 4 nitrogen and oxygen atoms in total. The highest BCUT2D eigenvalue weighted by atomic mass is 16.6. The number of aliphatic hydroxyl groups excluding tert-OH is 1. The third-order valence-corrected chi connectivity index (χ3v) is 2.67. The van der Waals surface area contributed by atoms with Crippen LogP contribution in [0, 0.1) is 0 Å². The lowest BCUT2D eigenvalue weighted by atomic mass is 10.0. The lowest BCUT2D eigenvalue weighted by Gasteiger charge is -2.24. The summed E-state index contributed by atoms with van der Waals surface area (Å²) in [6.45, 7) is 5.32. The molecule has 0 saturated carbocycles. The molecule has 0 spiro atoms. The summed E-state index contributed by atoms with van der Waals surface area (Å²) in [6, 6.07) is 8.78. The first-order chi connectivity index (χ1) is 8.79. The van der Waals surface area contributed by atoms with Crippen LogP contribution in [-0.4, -0.2) is 28.8 Å². The Bertz CT molecular complexity index is 398. The van der Waals surface area contributed by atoms with Gasteiger partial charge in [-0.05, 0) is 39.2 Å². The summed E-state index contributed by atoms with van der Waals surface area (Å²) in [6.07, 6.45) is 0.221. The Morgan fingerprint density at radius 3 is 2.42 bits per heavy atom. The van der Waals surface area contributed by atoms with Crippen molar-refractivity contribution in [2.75, 3.05) is 0 Å². The second-order valence-electron chi connectivity index (χ2n) is 5.65. The van der Waals surface area contributed by atoms with Gasteiger partial charge >= 0.3 is 5.97 Å². The Labute approximate surface area is 114 Å². The maximum atomic E-state index is 11.7. The van der Waals surface area contributed by atoms with Gasteiger partial charge in [-0.1, -0.05) is 30.3 Å². The number of nitrogens with two attached hydrogens (primary N) is 1. The zero-order valence-electron chi connectivity index (χ0n) is 11.8. The Balaban J connectivity index is 2.44. The van der Waals surface area contributed by atoms with Gasteiger partial charge in [0.25, 0.3) is 0 Å². The van der Waals surface area contributed by atoms with Crippen LogP contribution >= 0.6 is 0 Å². The summed E-state index contributed by atoms with van der Waals surface area (Å²) in [5.74, 6) is -0.562. The number of carbonyl (C=O) groups excluding carboxylic acids is 1. The van der Waals surface area contributed by atoms with E-state index >= 15 is 0 Å². The molecule has 0 saturated heterocycles. The molecule has 2 atom stereocenters. The molecule has 0 aliphatic heterocycles. The smallest absolute Gasteiger partial charge is 0.326 e. The molecule has 0 fully saturated rings. The van der Waals surface area contributed by atoms with E-state index in [1.165, 1.54) is 0 Å². The summed E-state index contributed by atoms with van der Waals surface area (Å²) in [7, 11) is 0. The fourth-order valence-corrected chi connectivity index (χ4v) is 1.67. The highest BCUT2D eigenvalue weighted by Crippen LogP contribution is 2.11. The van der Waals surface area contributed by atoms with E-state index in [-0.39, 0.29) is 0 Å². The van der Waals surface area contributed by atoms with Gasteiger partial charge in [0.2, 0.25) is 0 Å². The predicted molar refractivity (Wildman–Crippen MR) is 74.6 cm³/mol. The minimum Gasteiger partial charge on any atom is -0.459 e. The molecular weight excluding hydrogens is 242 g/mol. The number of hydrogen-bond acceptors (Lipinski definition) is 4. The van der Waals surface area contributed by atoms with Gasteiger partial charge in [-0.25, -0.2) is 0 Å². The van der Waals surface area contributed by atoms with Gasteiger partial charge in [0, 0.05) is 0 Å². The number of rotatable bonds is 5. The summed E-state index contributed by atoms with van der Waals surface area (Å²) in [5, 5.41) is 9.92. The first-order valence-electron chi connectivity index (χ1n) is 6.50. The molecular formula is C15H23NO3. The van der Waals surface area contributed by atoms with Crippen LogP contribution in [0.2, 0.25) is 0 Å². The van der Waals surface area contributed by atoms with E-state index in [2.05, 4.69) is 0 Å². The summed E-state index contributed by atoms with van der Waals surface area (Å²) >= 11 is 0. The van der Waals surface area contributed by atoms with E-state index in [1.807, 2.05) is 30.3 Å². The molecule has 0 bridgehead atoms. The summed E-state index contributed by atoms with van der Waals surface area (Å²) in [5.41, 5.74) is 6.23. The number of hydrogen-bond donors (Lipinski definition) is 2. The van der Waals surface area contributed by atoms with Gasteiger partial charge in [0.1, 0.15) is 11.6 Å². The second kappa shape index (κ2) is 6.68. The largest absolute Gasteiger partial charge is 0.459 e. The van der Waals surface area contributed by atoms with Crippen molar-refractivity contribution in [2.24, 2.45) is 5.73 Å². The van der Waals surface area contributed by atoms with Crippen molar-refractivity contribution in [2.45, 2.75) is 51.4 Å². The fourth-order valence-electron chi connectivity index (χ4n) is 1.67. The van der Waals surface area contributed by atoms with Gasteiger partial charge < -0.3 is 15.6 Å². The minimum absolute atomic E-state index is 0.435. The number of esters is 1. The van der Waals surface area contributed by atoms with E-state index in [9.17, 15) is 9.90 Å². The number of aliphatic hydroxyl groups is 1. The van der Waals surface area contributed by atoms with E-state index in [0.717, 1.165) is 5.56 Å². The number of benzene rings is 1. The molecule has 1 aromatic carbocycles. The topological polar surface area (TPSA) is 72.5 Å². The van der Waals surface area contributed by atoms with Crippen molar-refractivity contribution in [1.82, 2.24) is 0 Å². The fraction of sp³-hybridized carbons (Fsp3) is 0.533. The average Bonchev–Trinajstić information content (AvgIpc) is 2.34. The van der Waals surface area contributed by atoms with Crippen LogP contribution in [0.4, 0.5) is 0 Å². The molecule has 1 aromatic rings. The summed E-state index contributed by atoms with van der Waals surface area (Å²) in [4.78, 5) is 11.7. The Morgan fingerprint density at radius 1 is 1.32 bits per heavy atom. The number of ether oxygens (including phenoxy) is 1. The Hall–Kier alpha value is -1.39. The van der Waals surface area contributed by atoms with Gasteiger partial charge in [-0.15, -0.1) is 0 Å². The first-order valence-corrected chi connectivity index (χ1v) is 6.50. The van der Waals surface area contributed by atoms with Gasteiger partial charge in [0.15, 0.2) is 0 Å². The molecule has 0 unspecified atom stereocenters. The predicted octanol–water partition coefficient (Wildman–Crippen LogP) is 1.65. The van der Waals surface area contributed by atoms with Crippen molar-refractivity contribution < 1.29 is 14.6 Å². The number of carbonyl (C=O) groups is 1. The molecule has 0 aromatic heterocycles. The minimum atomic E-state index is -0.997. The molecule has 0 aliphatic carbocycles. The maximum Gasteiger partial charge on any atom is 0.326 e. The number of aryl methyl sites for hydroxylation is 1. The van der Waals surface area contributed by atoms with E-state index in [0.29, 0.717) is 12.8 Å². The lowest BCUT2D eigenvalue weighted by Crippen LogP contribution is -2.45. The lowest BCUT2D eigenvalue weighted by molar-refractivity contribution is -0.159. The molecule has 19 heavy (non-hydrogen) atoms. The van der Waals surface area contributed by atoms with Crippen LogP contribution < -0.4 is 5.73 Å². The molecule has 3 N–H and O–H groups in total. The quantitative estimate of drug-likeness (QED) is 0.794. The van der Waals surface area contributed by atoms with Crippen LogP contribution in [0.15, 0.2) is 30.3 Å². The van der Waals surface area contributed by atoms with Crippen molar-refractivity contribution in [3.8, 4) is 0 Å². The van der Waals surface area contributed by atoms with Gasteiger partial charge in [-0.3, -0.25) is 4.79 Å². The first kappa shape index (κ1) is 15.7. The van der Waals surface area contributed by atoms with Crippen LogP contribution in [0.3, 0.4) is 0 Å². The van der Waals surface area contributed by atoms with Gasteiger partial charge in [-0.2, -0.15) is 0 Å². The van der Waals surface area contributed by atoms with Crippen molar-refractivity contribution in [3.63, 3.8) is 0 Å². The third-order valence-electron chi connectivity index (χ3n) is 2.67. The van der Waals surface area contributed by atoms with Crippen LogP contribution in [0.5, 0.6) is 0 Å². The SMILES string of the molecule is CC(C)(C)OC(=O)[C@@H](N)[C@H](O)CCc1ccccc1. The van der Waals surface area contributed by atoms with E-state index in [1.54, 1.807) is 20.8 Å². The van der Waals surface area contributed by atoms with E-state index in [4.69, 9.17) is 10.5 Å². The zero-order chi connectivity index (χ0) is 14.5. The third kappa shape index (κ3) is 5.85. The molecule has 0 heterocycles. The zero-order valence-corrected chi connectivity index (χ0v) is 11.8.